The van der Waals surface area contributed by atoms with Crippen LogP contribution in [0.2, 0.25) is 0 Å². The average Bonchev–Trinajstić information content (AvgIpc) is 2.33. The maximum Gasteiger partial charge on any atom is 0.332 e. The minimum Gasteiger partial charge on any atom is -0.464 e. The van der Waals surface area contributed by atoms with Gasteiger partial charge in [0.1, 0.15) is 0 Å². The van der Waals surface area contributed by atoms with Gasteiger partial charge in [0.05, 0.1) is 6.61 Å². The summed E-state index contributed by atoms with van der Waals surface area (Å²) in [7, 11) is 1.67. The van der Waals surface area contributed by atoms with E-state index in [9.17, 15) is 14.4 Å². The van der Waals surface area contributed by atoms with E-state index in [-0.39, 0.29) is 18.6 Å². The number of carbonyl (C=O) groups excluding carboxylic acids is 3. The molecule has 1 rings (SSSR count). The highest BCUT2D eigenvalue weighted by molar-refractivity contribution is 6.01. The number of esters is 1. The molecule has 1 aliphatic heterocycles. The van der Waals surface area contributed by atoms with E-state index in [4.69, 9.17) is 5.73 Å². The van der Waals surface area contributed by atoms with Gasteiger partial charge in [0.15, 0.2) is 6.04 Å². The number of ether oxygens (including phenoxy) is 1. The number of likely N-dealkylation sites (tertiary alicyclic amines) is 1. The normalized spacial score (nSPS) is 21.4. The van der Waals surface area contributed by atoms with Crippen LogP contribution in [-0.4, -0.2) is 55.0 Å². The molecule has 0 aromatic heterocycles. The van der Waals surface area contributed by atoms with Crippen LogP contribution in [0.5, 0.6) is 0 Å². The summed E-state index contributed by atoms with van der Waals surface area (Å²) in [6, 6.07) is -1.48. The second-order valence-corrected chi connectivity index (χ2v) is 4.25. The van der Waals surface area contributed by atoms with Crippen molar-refractivity contribution in [2.75, 3.05) is 20.2 Å². The number of carbonyl (C=O) groups is 3. The van der Waals surface area contributed by atoms with E-state index in [2.05, 4.69) is 10.1 Å². The van der Waals surface area contributed by atoms with Crippen molar-refractivity contribution < 1.29 is 19.1 Å². The molecule has 7 nitrogen and oxygen atoms in total. The molecule has 0 aliphatic carbocycles. The van der Waals surface area contributed by atoms with Gasteiger partial charge < -0.3 is 20.7 Å². The summed E-state index contributed by atoms with van der Waals surface area (Å²) in [6.45, 7) is 2.25. The summed E-state index contributed by atoms with van der Waals surface area (Å²) >= 11 is 0. The molecule has 0 radical (unpaired) electrons. The maximum absolute atomic E-state index is 11.7. The zero-order valence-electron chi connectivity index (χ0n) is 10.6. The van der Waals surface area contributed by atoms with Crippen molar-refractivity contribution in [2.45, 2.75) is 31.8 Å². The molecule has 2 amide bonds. The summed E-state index contributed by atoms with van der Waals surface area (Å²) in [5, 5.41) is 2.65. The second kappa shape index (κ2) is 6.34. The quantitative estimate of drug-likeness (QED) is 0.477. The molecule has 0 spiro atoms. The van der Waals surface area contributed by atoms with E-state index >= 15 is 0 Å². The Hall–Kier alpha value is -1.63. The third-order valence-corrected chi connectivity index (χ3v) is 2.80. The van der Waals surface area contributed by atoms with Crippen molar-refractivity contribution in [3.05, 3.63) is 0 Å². The van der Waals surface area contributed by atoms with Gasteiger partial charge in [-0.2, -0.15) is 0 Å². The van der Waals surface area contributed by atoms with Gasteiger partial charge in [-0.15, -0.1) is 0 Å². The number of rotatable bonds is 4. The summed E-state index contributed by atoms with van der Waals surface area (Å²) in [6.07, 6.45) is 0.945. The first-order valence-corrected chi connectivity index (χ1v) is 5.92. The number of nitrogens with zero attached hydrogens (tertiary/aromatic N) is 1. The lowest BCUT2D eigenvalue weighted by atomic mass is 10.1. The van der Waals surface area contributed by atoms with Crippen LogP contribution in [0.3, 0.4) is 0 Å². The fraction of sp³-hybridized carbons (Fsp3) is 0.727. The van der Waals surface area contributed by atoms with Crippen LogP contribution < -0.4 is 11.1 Å². The molecular weight excluding hydrogens is 238 g/mol. The van der Waals surface area contributed by atoms with Gasteiger partial charge in [0, 0.05) is 26.1 Å². The summed E-state index contributed by atoms with van der Waals surface area (Å²) in [5.74, 6) is -1.26. The predicted octanol–water partition coefficient (Wildman–Crippen LogP) is -1.39. The lowest BCUT2D eigenvalue weighted by Crippen LogP contribution is -2.54. The zero-order valence-corrected chi connectivity index (χ0v) is 10.6. The Kier molecular flexibility index (Phi) is 5.08. The number of hydrogen-bond donors (Lipinski definition) is 2. The van der Waals surface area contributed by atoms with E-state index < -0.39 is 17.9 Å². The standard InChI is InChI=1S/C11H19N3O4/c1-3-18-11(17)9(12)10(16)13-7-4-5-8(15)14(2)6-7/h7,9H,3-6,12H2,1-2H3,(H,13,16). The Labute approximate surface area is 106 Å². The van der Waals surface area contributed by atoms with Crippen LogP contribution >= 0.6 is 0 Å². The Morgan fingerprint density at radius 1 is 1.61 bits per heavy atom. The van der Waals surface area contributed by atoms with E-state index in [0.717, 1.165) is 0 Å². The van der Waals surface area contributed by atoms with Crippen molar-refractivity contribution in [1.82, 2.24) is 10.2 Å². The highest BCUT2D eigenvalue weighted by atomic mass is 16.5. The Bertz CT molecular complexity index is 345. The van der Waals surface area contributed by atoms with E-state index in [1.165, 1.54) is 0 Å². The molecule has 18 heavy (non-hydrogen) atoms. The van der Waals surface area contributed by atoms with Crippen LogP contribution in [-0.2, 0) is 19.1 Å². The highest BCUT2D eigenvalue weighted by Crippen LogP contribution is 2.09. The third kappa shape index (κ3) is 3.69. The minimum atomic E-state index is -1.31. The molecule has 0 aromatic rings. The fourth-order valence-electron chi connectivity index (χ4n) is 1.76. The molecule has 1 aliphatic rings. The molecule has 3 N–H and O–H groups in total. The van der Waals surface area contributed by atoms with Gasteiger partial charge in [0.25, 0.3) is 0 Å². The van der Waals surface area contributed by atoms with Crippen molar-refractivity contribution in [2.24, 2.45) is 5.73 Å². The number of piperidine rings is 1. The average molecular weight is 257 g/mol. The Balaban J connectivity index is 2.45. The first kappa shape index (κ1) is 14.4. The first-order chi connectivity index (χ1) is 8.45. The smallest absolute Gasteiger partial charge is 0.332 e. The van der Waals surface area contributed by atoms with Gasteiger partial charge in [-0.1, -0.05) is 0 Å². The molecule has 1 fully saturated rings. The van der Waals surface area contributed by atoms with E-state index in [1.54, 1.807) is 18.9 Å². The minimum absolute atomic E-state index is 0.0511. The molecule has 0 aromatic carbocycles. The molecule has 7 heteroatoms. The van der Waals surface area contributed by atoms with Gasteiger partial charge >= 0.3 is 5.97 Å². The number of hydrogen-bond acceptors (Lipinski definition) is 5. The number of likely N-dealkylation sites (N-methyl/N-ethyl adjacent to an activating group) is 1. The molecule has 2 unspecified atom stereocenters. The number of nitrogens with two attached hydrogens (primary N) is 1. The van der Waals surface area contributed by atoms with Crippen LogP contribution in [0.15, 0.2) is 0 Å². The second-order valence-electron chi connectivity index (χ2n) is 4.25. The molecule has 1 heterocycles. The van der Waals surface area contributed by atoms with Crippen LogP contribution in [0, 0.1) is 0 Å². The largest absolute Gasteiger partial charge is 0.464 e. The summed E-state index contributed by atoms with van der Waals surface area (Å²) in [5.41, 5.74) is 5.46. The lowest BCUT2D eigenvalue weighted by Gasteiger charge is -2.30. The van der Waals surface area contributed by atoms with Gasteiger partial charge in [-0.3, -0.25) is 9.59 Å². The highest BCUT2D eigenvalue weighted by Gasteiger charge is 2.28. The summed E-state index contributed by atoms with van der Waals surface area (Å²) in [4.78, 5) is 35.8. The lowest BCUT2D eigenvalue weighted by molar-refractivity contribution is -0.148. The molecule has 0 saturated carbocycles. The third-order valence-electron chi connectivity index (χ3n) is 2.80. The predicted molar refractivity (Wildman–Crippen MR) is 63.4 cm³/mol. The van der Waals surface area contributed by atoms with Crippen LogP contribution in [0.4, 0.5) is 0 Å². The molecule has 0 bridgehead atoms. The van der Waals surface area contributed by atoms with Crippen LogP contribution in [0.1, 0.15) is 19.8 Å². The SMILES string of the molecule is CCOC(=O)C(N)C(=O)NC1CCC(=O)N(C)C1. The fourth-order valence-corrected chi connectivity index (χ4v) is 1.76. The maximum atomic E-state index is 11.7. The molecule has 2 atom stereocenters. The topological polar surface area (TPSA) is 102 Å². The van der Waals surface area contributed by atoms with Gasteiger partial charge in [0.2, 0.25) is 11.8 Å². The zero-order chi connectivity index (χ0) is 13.7. The first-order valence-electron chi connectivity index (χ1n) is 5.92. The van der Waals surface area contributed by atoms with E-state index in [1.807, 2.05) is 0 Å². The van der Waals surface area contributed by atoms with Gasteiger partial charge in [-0.05, 0) is 13.3 Å². The number of nitrogens with one attached hydrogen (secondary N) is 1. The van der Waals surface area contributed by atoms with Crippen molar-refractivity contribution in [3.8, 4) is 0 Å². The Morgan fingerprint density at radius 2 is 2.28 bits per heavy atom. The Morgan fingerprint density at radius 3 is 2.83 bits per heavy atom. The van der Waals surface area contributed by atoms with Crippen molar-refractivity contribution in [3.63, 3.8) is 0 Å². The summed E-state index contributed by atoms with van der Waals surface area (Å²) < 4.78 is 4.66. The number of amides is 2. The molecule has 1 saturated heterocycles. The monoisotopic (exact) mass is 257 g/mol. The molecular formula is C11H19N3O4. The van der Waals surface area contributed by atoms with Gasteiger partial charge in [-0.25, -0.2) is 4.79 Å². The van der Waals surface area contributed by atoms with Crippen LogP contribution in [0.25, 0.3) is 0 Å². The van der Waals surface area contributed by atoms with Crippen molar-refractivity contribution >= 4 is 17.8 Å². The van der Waals surface area contributed by atoms with E-state index in [0.29, 0.717) is 19.4 Å². The van der Waals surface area contributed by atoms with Crippen molar-refractivity contribution in [1.29, 1.82) is 0 Å². The molecule has 102 valence electrons.